The molecule has 144 valence electrons. The summed E-state index contributed by atoms with van der Waals surface area (Å²) in [6.45, 7) is 5.98. The maximum absolute atomic E-state index is 12.8. The molecule has 2 aromatic rings. The average Bonchev–Trinajstić information content (AvgIpc) is 2.53. The summed E-state index contributed by atoms with van der Waals surface area (Å²) < 4.78 is 67.3. The minimum absolute atomic E-state index is 0.439. The van der Waals surface area contributed by atoms with Crippen LogP contribution in [0.3, 0.4) is 0 Å². The van der Waals surface area contributed by atoms with Crippen LogP contribution in [0.4, 0.5) is 13.2 Å². The minimum atomic E-state index is -5.66. The molecular formula is C18H20F3IO3S. The first-order valence-electron chi connectivity index (χ1n) is 7.86. The molecule has 0 heterocycles. The molecule has 0 aliphatic heterocycles. The van der Waals surface area contributed by atoms with Crippen LogP contribution in [-0.2, 0) is 19.1 Å². The van der Waals surface area contributed by atoms with Crippen molar-refractivity contribution in [2.75, 3.05) is 0 Å². The van der Waals surface area contributed by atoms with Gasteiger partial charge in [0.05, 0.1) is 0 Å². The van der Waals surface area contributed by atoms with Gasteiger partial charge in [-0.3, -0.25) is 0 Å². The predicted molar refractivity (Wildman–Crippen MR) is 104 cm³/mol. The summed E-state index contributed by atoms with van der Waals surface area (Å²) in [6, 6.07) is 13.7. The van der Waals surface area contributed by atoms with Crippen LogP contribution in [0.2, 0.25) is 0 Å². The van der Waals surface area contributed by atoms with Crippen molar-refractivity contribution in [1.29, 1.82) is 0 Å². The fourth-order valence-corrected chi connectivity index (χ4v) is 8.58. The van der Waals surface area contributed by atoms with Crippen LogP contribution < -0.4 is 0 Å². The van der Waals surface area contributed by atoms with Crippen molar-refractivity contribution in [2.45, 2.75) is 32.7 Å². The first-order valence-corrected chi connectivity index (χ1v) is 12.3. The van der Waals surface area contributed by atoms with E-state index in [0.29, 0.717) is 13.1 Å². The van der Waals surface area contributed by atoms with E-state index in [1.165, 1.54) is 0 Å². The van der Waals surface area contributed by atoms with E-state index in [9.17, 15) is 21.6 Å². The third kappa shape index (κ3) is 5.43. The van der Waals surface area contributed by atoms with E-state index in [2.05, 4.69) is 13.8 Å². The Morgan fingerprint density at radius 1 is 0.962 bits per heavy atom. The number of rotatable bonds is 6. The van der Waals surface area contributed by atoms with Crippen molar-refractivity contribution in [3.8, 4) is 0 Å². The Labute approximate surface area is 159 Å². The maximum atomic E-state index is 12.8. The van der Waals surface area contributed by atoms with Crippen molar-refractivity contribution < 1.29 is 24.1 Å². The molecule has 2 rings (SSSR count). The summed E-state index contributed by atoms with van der Waals surface area (Å²) in [5.74, 6) is 0.439. The first kappa shape index (κ1) is 21.2. The second-order valence-electron chi connectivity index (χ2n) is 6.23. The van der Waals surface area contributed by atoms with Gasteiger partial charge in [0.15, 0.2) is 0 Å². The molecule has 0 saturated carbocycles. The monoisotopic (exact) mass is 500 g/mol. The predicted octanol–water partition coefficient (Wildman–Crippen LogP) is 5.52. The molecule has 0 spiro atoms. The van der Waals surface area contributed by atoms with E-state index in [0.717, 1.165) is 17.5 Å². The zero-order valence-corrected chi connectivity index (χ0v) is 17.5. The molecule has 26 heavy (non-hydrogen) atoms. The van der Waals surface area contributed by atoms with Crippen molar-refractivity contribution in [3.05, 3.63) is 66.8 Å². The third-order valence-corrected chi connectivity index (χ3v) is 10.5. The van der Waals surface area contributed by atoms with Crippen molar-refractivity contribution in [2.24, 2.45) is 5.92 Å². The van der Waals surface area contributed by atoms with Crippen LogP contribution >= 0.6 is 20.2 Å². The Balaban J connectivity index is 2.42. The van der Waals surface area contributed by atoms with E-state index in [-0.39, 0.29) is 0 Å². The number of halogens is 4. The summed E-state index contributed by atoms with van der Waals surface area (Å²) in [6.07, 6.45) is 0.834. The van der Waals surface area contributed by atoms with Gasteiger partial charge in [-0.25, -0.2) is 0 Å². The van der Waals surface area contributed by atoms with Crippen LogP contribution in [0.15, 0.2) is 48.5 Å². The molecule has 0 aromatic heterocycles. The molecule has 0 saturated heterocycles. The van der Waals surface area contributed by atoms with Gasteiger partial charge >= 0.3 is 160 Å². The molecule has 0 unspecified atom stereocenters. The Hall–Kier alpha value is -1.13. The van der Waals surface area contributed by atoms with Crippen LogP contribution in [0.25, 0.3) is 0 Å². The molecule has 0 aliphatic carbocycles. The number of hydrogen-bond acceptors (Lipinski definition) is 3. The van der Waals surface area contributed by atoms with Crippen molar-refractivity contribution in [3.63, 3.8) is 0 Å². The standard InChI is InChI=1S/C18H20F3IO3S/c1-13(2)12-15-6-10-17(11-7-15)22(16-8-4-14(3)5-9-16)25-26(23,24)18(19,20)21/h4-11,13H,12H2,1-3H3. The number of aryl methyl sites for hydroxylation is 1. The van der Waals surface area contributed by atoms with Gasteiger partial charge < -0.3 is 0 Å². The molecule has 3 nitrogen and oxygen atoms in total. The van der Waals surface area contributed by atoms with E-state index in [4.69, 9.17) is 2.51 Å². The fourth-order valence-electron chi connectivity index (χ4n) is 2.17. The molecule has 0 radical (unpaired) electrons. The fraction of sp³-hybridized carbons (Fsp3) is 0.333. The number of benzene rings is 2. The quantitative estimate of drug-likeness (QED) is 0.388. The van der Waals surface area contributed by atoms with Gasteiger partial charge in [0.2, 0.25) is 0 Å². The summed E-state index contributed by atoms with van der Waals surface area (Å²) in [4.78, 5) is 0. The van der Waals surface area contributed by atoms with Crippen LogP contribution in [0.5, 0.6) is 0 Å². The molecular weight excluding hydrogens is 480 g/mol. The average molecular weight is 500 g/mol. The van der Waals surface area contributed by atoms with E-state index in [1.54, 1.807) is 36.4 Å². The molecule has 2 aromatic carbocycles. The molecule has 0 N–H and O–H groups in total. The van der Waals surface area contributed by atoms with Crippen LogP contribution in [0.1, 0.15) is 25.0 Å². The Bertz CT molecular complexity index is 829. The van der Waals surface area contributed by atoms with Gasteiger partial charge in [-0.05, 0) is 0 Å². The first-order chi connectivity index (χ1) is 12.0. The summed E-state index contributed by atoms with van der Waals surface area (Å²) in [5, 5.41) is 0. The van der Waals surface area contributed by atoms with Crippen molar-refractivity contribution >= 4 is 30.4 Å². The Morgan fingerprint density at radius 2 is 1.42 bits per heavy atom. The number of hydrogen-bond donors (Lipinski definition) is 0. The summed E-state index contributed by atoms with van der Waals surface area (Å²) in [7, 11) is -5.66. The van der Waals surface area contributed by atoms with E-state index >= 15 is 0 Å². The Kier molecular flexibility index (Phi) is 6.73. The molecule has 0 fully saturated rings. The van der Waals surface area contributed by atoms with Crippen LogP contribution in [0, 0.1) is 20.0 Å². The Morgan fingerprint density at radius 3 is 1.85 bits per heavy atom. The molecule has 0 atom stereocenters. The van der Waals surface area contributed by atoms with E-state index in [1.807, 2.05) is 19.1 Å². The molecule has 0 aliphatic rings. The van der Waals surface area contributed by atoms with Crippen molar-refractivity contribution in [1.82, 2.24) is 0 Å². The van der Waals surface area contributed by atoms with Crippen LogP contribution in [-0.4, -0.2) is 13.9 Å². The van der Waals surface area contributed by atoms with Gasteiger partial charge in [0, 0.05) is 0 Å². The van der Waals surface area contributed by atoms with Gasteiger partial charge in [0.1, 0.15) is 0 Å². The topological polar surface area (TPSA) is 43.4 Å². The van der Waals surface area contributed by atoms with Gasteiger partial charge in [-0.2, -0.15) is 0 Å². The zero-order chi connectivity index (χ0) is 19.5. The van der Waals surface area contributed by atoms with E-state index < -0.39 is 35.9 Å². The SMILES string of the molecule is Cc1ccc(I(OS(=O)(=O)C(F)(F)F)c2ccc(CC(C)C)cc2)cc1. The normalized spacial score (nSPS) is 13.1. The van der Waals surface area contributed by atoms with Gasteiger partial charge in [-0.15, -0.1) is 0 Å². The third-order valence-electron chi connectivity index (χ3n) is 3.39. The zero-order valence-electron chi connectivity index (χ0n) is 14.5. The second-order valence-corrected chi connectivity index (χ2v) is 12.7. The summed E-state index contributed by atoms with van der Waals surface area (Å²) in [5.41, 5.74) is -3.47. The molecule has 0 bridgehead atoms. The van der Waals surface area contributed by atoms with Gasteiger partial charge in [-0.1, -0.05) is 0 Å². The molecule has 0 amide bonds. The molecule has 8 heteroatoms. The summed E-state index contributed by atoms with van der Waals surface area (Å²) >= 11 is -3.28. The second kappa shape index (κ2) is 8.26. The number of alkyl halides is 3. The van der Waals surface area contributed by atoms with Gasteiger partial charge in [0.25, 0.3) is 0 Å².